The Hall–Kier alpha value is -1.63. The Morgan fingerprint density at radius 3 is 2.00 bits per heavy atom. The molecule has 0 aromatic rings. The summed E-state index contributed by atoms with van der Waals surface area (Å²) in [6.07, 6.45) is 20.5. The first-order valence-electron chi connectivity index (χ1n) is 9.27. The number of carbonyl (C=O) groups excluding carboxylic acids is 1. The van der Waals surface area contributed by atoms with Gasteiger partial charge in [-0.25, -0.2) is 0 Å². The van der Waals surface area contributed by atoms with Gasteiger partial charge in [-0.3, -0.25) is 0 Å². The van der Waals surface area contributed by atoms with Crippen LogP contribution in [0.3, 0.4) is 0 Å². The quantitative estimate of drug-likeness (QED) is 0.313. The highest BCUT2D eigenvalue weighted by Crippen LogP contribution is 2.26. The molecular weight excluding hydrogens is 292 g/mol. The molecule has 0 amide bonds. The van der Waals surface area contributed by atoms with Crippen LogP contribution in [0.25, 0.3) is 0 Å². The molecule has 0 saturated carbocycles. The van der Waals surface area contributed by atoms with Crippen LogP contribution in [0.5, 0.6) is 0 Å². The molecule has 138 valence electrons. The molecule has 0 aromatic heterocycles. The van der Waals surface area contributed by atoms with Crippen LogP contribution in [-0.2, 0) is 4.79 Å². The molecule has 0 N–H and O–H groups in total. The van der Waals surface area contributed by atoms with E-state index in [1.54, 1.807) is 0 Å². The van der Waals surface area contributed by atoms with Crippen molar-refractivity contribution in [1.29, 1.82) is 0 Å². The summed E-state index contributed by atoms with van der Waals surface area (Å²) in [5.74, 6) is 0.667. The lowest BCUT2D eigenvalue weighted by atomic mass is 9.88. The predicted octanol–water partition coefficient (Wildman–Crippen LogP) is 7.63. The highest BCUT2D eigenvalue weighted by molar-refractivity contribution is 5.44. The third-order valence-corrected chi connectivity index (χ3v) is 3.35. The van der Waals surface area contributed by atoms with Gasteiger partial charge in [0.1, 0.15) is 6.29 Å². The molecular formula is C23H40O. The molecule has 0 aliphatic heterocycles. The Balaban J connectivity index is -0.000000786. The third kappa shape index (κ3) is 16.7. The first kappa shape index (κ1) is 27.2. The smallest absolute Gasteiger partial charge is 0.116 e. The maximum absolute atomic E-state index is 8.81. The van der Waals surface area contributed by atoms with E-state index in [-0.39, 0.29) is 0 Å². The molecule has 0 aromatic carbocycles. The van der Waals surface area contributed by atoms with Gasteiger partial charge in [0.2, 0.25) is 0 Å². The van der Waals surface area contributed by atoms with Crippen molar-refractivity contribution < 1.29 is 4.79 Å². The zero-order valence-corrected chi connectivity index (χ0v) is 17.1. The van der Waals surface area contributed by atoms with Gasteiger partial charge >= 0.3 is 0 Å². The van der Waals surface area contributed by atoms with Gasteiger partial charge in [-0.05, 0) is 64.0 Å². The summed E-state index contributed by atoms with van der Waals surface area (Å²) in [4.78, 5) is 8.81. The number of hydrogen-bond donors (Lipinski definition) is 0. The maximum Gasteiger partial charge on any atom is 0.116 e. The lowest BCUT2D eigenvalue weighted by Crippen LogP contribution is -2.03. The standard InChI is InChI=1S/C19H30.C2H4O.C2H6/c1-6-11-14-17(9-4)15-16-19(13-8-3)18(10-5)12-7-2;1-2-3;1-2/h6-7,9-12,14,19H,4,8,13,15-16H2,1-3,5H3;2H,1H3;1-2H3/b11-6-,12-7-,17-14+,18-10+;;. The second-order valence-electron chi connectivity index (χ2n) is 5.02. The van der Waals surface area contributed by atoms with E-state index < -0.39 is 0 Å². The average Bonchev–Trinajstić information content (AvgIpc) is 2.61. The van der Waals surface area contributed by atoms with Gasteiger partial charge in [0.05, 0.1) is 0 Å². The summed E-state index contributed by atoms with van der Waals surface area (Å²) < 4.78 is 0. The molecule has 24 heavy (non-hydrogen) atoms. The van der Waals surface area contributed by atoms with Gasteiger partial charge in [-0.2, -0.15) is 0 Å². The molecule has 1 nitrogen and oxygen atoms in total. The minimum atomic E-state index is 0.667. The highest BCUT2D eigenvalue weighted by atomic mass is 16.1. The maximum atomic E-state index is 8.81. The fourth-order valence-electron chi connectivity index (χ4n) is 2.30. The molecule has 1 unspecified atom stereocenters. The summed E-state index contributed by atoms with van der Waals surface area (Å²) in [5, 5.41) is 0. The summed E-state index contributed by atoms with van der Waals surface area (Å²) in [5.41, 5.74) is 2.80. The topological polar surface area (TPSA) is 17.1 Å². The van der Waals surface area contributed by atoms with Crippen molar-refractivity contribution in [1.82, 2.24) is 0 Å². The van der Waals surface area contributed by atoms with E-state index >= 15 is 0 Å². The molecule has 0 saturated heterocycles. The summed E-state index contributed by atoms with van der Waals surface area (Å²) in [6.45, 7) is 17.9. The summed E-state index contributed by atoms with van der Waals surface area (Å²) >= 11 is 0. The van der Waals surface area contributed by atoms with E-state index in [9.17, 15) is 0 Å². The Bertz CT molecular complexity index is 394. The van der Waals surface area contributed by atoms with Crippen molar-refractivity contribution in [3.8, 4) is 0 Å². The molecule has 0 aliphatic carbocycles. The number of aldehydes is 1. The number of hydrogen-bond acceptors (Lipinski definition) is 1. The fourth-order valence-corrected chi connectivity index (χ4v) is 2.30. The van der Waals surface area contributed by atoms with Crippen molar-refractivity contribution in [3.63, 3.8) is 0 Å². The lowest BCUT2D eigenvalue weighted by molar-refractivity contribution is -0.106. The minimum Gasteiger partial charge on any atom is -0.304 e. The predicted molar refractivity (Wildman–Crippen MR) is 112 cm³/mol. The normalized spacial score (nSPS) is 13.0. The van der Waals surface area contributed by atoms with Crippen molar-refractivity contribution >= 4 is 6.29 Å². The molecule has 1 atom stereocenters. The number of carbonyl (C=O) groups is 1. The largest absolute Gasteiger partial charge is 0.304 e. The molecule has 0 bridgehead atoms. The molecule has 0 rings (SSSR count). The van der Waals surface area contributed by atoms with E-state index in [2.05, 4.69) is 63.8 Å². The average molecular weight is 333 g/mol. The summed E-state index contributed by atoms with van der Waals surface area (Å²) in [7, 11) is 0. The van der Waals surface area contributed by atoms with E-state index in [4.69, 9.17) is 4.79 Å². The van der Waals surface area contributed by atoms with Crippen molar-refractivity contribution in [2.75, 3.05) is 0 Å². The van der Waals surface area contributed by atoms with Gasteiger partial charge in [0, 0.05) is 0 Å². The van der Waals surface area contributed by atoms with E-state index in [0.717, 1.165) is 12.7 Å². The van der Waals surface area contributed by atoms with E-state index in [0.29, 0.717) is 5.92 Å². The van der Waals surface area contributed by atoms with E-state index in [1.165, 1.54) is 37.3 Å². The van der Waals surface area contributed by atoms with Gasteiger partial charge < -0.3 is 4.79 Å². The zero-order chi connectivity index (χ0) is 19.2. The SMILES string of the molecule is C=C/C(=C\C=C/C)CCC(CCC)C(/C=C\C)=C/C.CC.CC=O. The van der Waals surface area contributed by atoms with Crippen LogP contribution in [0, 0.1) is 5.92 Å². The molecule has 0 radical (unpaired) electrons. The first-order valence-corrected chi connectivity index (χ1v) is 9.27. The fraction of sp³-hybridized carbons (Fsp3) is 0.522. The summed E-state index contributed by atoms with van der Waals surface area (Å²) in [6, 6.07) is 0. The molecule has 0 aliphatic rings. The molecule has 0 fully saturated rings. The number of allylic oxidation sites excluding steroid dienone is 9. The zero-order valence-electron chi connectivity index (χ0n) is 17.1. The monoisotopic (exact) mass is 332 g/mol. The van der Waals surface area contributed by atoms with Crippen LogP contribution in [0.4, 0.5) is 0 Å². The first-order chi connectivity index (χ1) is 11.6. The Kier molecular flexibility index (Phi) is 26.8. The van der Waals surface area contributed by atoms with Crippen molar-refractivity contribution in [3.05, 3.63) is 60.3 Å². The van der Waals surface area contributed by atoms with E-state index in [1.807, 2.05) is 26.8 Å². The lowest BCUT2D eigenvalue weighted by Gasteiger charge is -2.18. The van der Waals surface area contributed by atoms with Gasteiger partial charge in [-0.15, -0.1) is 0 Å². The molecule has 0 spiro atoms. The van der Waals surface area contributed by atoms with Crippen molar-refractivity contribution in [2.24, 2.45) is 5.92 Å². The van der Waals surface area contributed by atoms with Crippen LogP contribution < -0.4 is 0 Å². The van der Waals surface area contributed by atoms with Crippen LogP contribution in [0.2, 0.25) is 0 Å². The van der Waals surface area contributed by atoms with Gasteiger partial charge in [0.15, 0.2) is 0 Å². The van der Waals surface area contributed by atoms with Crippen LogP contribution in [-0.4, -0.2) is 6.29 Å². The van der Waals surface area contributed by atoms with Crippen LogP contribution >= 0.6 is 0 Å². The molecule has 1 heteroatoms. The number of rotatable bonds is 9. The van der Waals surface area contributed by atoms with Crippen LogP contribution in [0.1, 0.15) is 74.1 Å². The highest BCUT2D eigenvalue weighted by Gasteiger charge is 2.10. The van der Waals surface area contributed by atoms with Crippen molar-refractivity contribution in [2.45, 2.75) is 74.1 Å². The Morgan fingerprint density at radius 2 is 1.62 bits per heavy atom. The molecule has 0 heterocycles. The minimum absolute atomic E-state index is 0.667. The Morgan fingerprint density at radius 1 is 1.04 bits per heavy atom. The third-order valence-electron chi connectivity index (χ3n) is 3.35. The van der Waals surface area contributed by atoms with Gasteiger partial charge in [0.25, 0.3) is 0 Å². The second-order valence-corrected chi connectivity index (χ2v) is 5.02. The Labute approximate surface area is 151 Å². The van der Waals surface area contributed by atoms with Gasteiger partial charge in [-0.1, -0.05) is 76.3 Å². The van der Waals surface area contributed by atoms with Crippen LogP contribution in [0.15, 0.2) is 60.3 Å². The second kappa shape index (κ2) is 23.6.